The van der Waals surface area contributed by atoms with Crippen molar-refractivity contribution in [3.05, 3.63) is 38.8 Å². The Bertz CT molecular complexity index is 713. The molecule has 0 aliphatic rings. The molecular weight excluding hydrogens is 364 g/mol. The van der Waals surface area contributed by atoms with E-state index in [2.05, 4.69) is 20.9 Å². The lowest BCUT2D eigenvalue weighted by atomic mass is 10.3. The van der Waals surface area contributed by atoms with Crippen LogP contribution >= 0.6 is 27.3 Å². The molecule has 0 radical (unpaired) electrons. The van der Waals surface area contributed by atoms with Gasteiger partial charge in [-0.1, -0.05) is 0 Å². The van der Waals surface area contributed by atoms with Crippen molar-refractivity contribution >= 4 is 37.3 Å². The highest BCUT2D eigenvalue weighted by Gasteiger charge is 2.11. The molecule has 1 aromatic carbocycles. The summed E-state index contributed by atoms with van der Waals surface area (Å²) in [5.74, 6) is 0.583. The third-order valence-electron chi connectivity index (χ3n) is 2.66. The standard InChI is InChI=1S/C12H13BrN2O3S2/c1-8-12(19-7-15-8)4-5-18-11-3-2-9(6-10(11)13)20(14,16)17/h2-3,6-7H,4-5H2,1H3,(H2,14,16,17). The second kappa shape index (κ2) is 6.21. The molecule has 2 N–H and O–H groups in total. The number of sulfonamides is 1. The van der Waals surface area contributed by atoms with Crippen LogP contribution in [0.5, 0.6) is 5.75 Å². The van der Waals surface area contributed by atoms with Gasteiger partial charge in [-0.05, 0) is 41.1 Å². The summed E-state index contributed by atoms with van der Waals surface area (Å²) in [4.78, 5) is 5.41. The van der Waals surface area contributed by atoms with Crippen LogP contribution < -0.4 is 9.88 Å². The second-order valence-corrected chi connectivity index (χ2v) is 7.45. The molecule has 0 saturated heterocycles. The number of benzene rings is 1. The average molecular weight is 377 g/mol. The Morgan fingerprint density at radius 2 is 2.20 bits per heavy atom. The normalized spacial score (nSPS) is 11.6. The topological polar surface area (TPSA) is 82.3 Å². The average Bonchev–Trinajstić information content (AvgIpc) is 2.76. The maximum atomic E-state index is 11.2. The lowest BCUT2D eigenvalue weighted by Gasteiger charge is -2.09. The van der Waals surface area contributed by atoms with Crippen LogP contribution in [0.3, 0.4) is 0 Å². The lowest BCUT2D eigenvalue weighted by molar-refractivity contribution is 0.320. The first-order valence-corrected chi connectivity index (χ1v) is 8.94. The summed E-state index contributed by atoms with van der Waals surface area (Å²) in [6, 6.07) is 4.44. The fourth-order valence-electron chi connectivity index (χ4n) is 1.60. The minimum Gasteiger partial charge on any atom is -0.492 e. The van der Waals surface area contributed by atoms with Gasteiger partial charge in [0.1, 0.15) is 5.75 Å². The molecule has 0 bridgehead atoms. The minimum atomic E-state index is -3.70. The number of hydrogen-bond acceptors (Lipinski definition) is 5. The van der Waals surface area contributed by atoms with E-state index in [9.17, 15) is 8.42 Å². The van der Waals surface area contributed by atoms with Gasteiger partial charge in [0.25, 0.3) is 0 Å². The van der Waals surface area contributed by atoms with E-state index in [-0.39, 0.29) is 4.90 Å². The molecule has 20 heavy (non-hydrogen) atoms. The fraction of sp³-hybridized carbons (Fsp3) is 0.250. The highest BCUT2D eigenvalue weighted by molar-refractivity contribution is 9.10. The van der Waals surface area contributed by atoms with Crippen molar-refractivity contribution in [2.75, 3.05) is 6.61 Å². The van der Waals surface area contributed by atoms with E-state index in [1.807, 2.05) is 12.4 Å². The molecule has 2 aromatic rings. The largest absolute Gasteiger partial charge is 0.492 e. The van der Waals surface area contributed by atoms with Crippen molar-refractivity contribution < 1.29 is 13.2 Å². The van der Waals surface area contributed by atoms with Crippen LogP contribution in [0.4, 0.5) is 0 Å². The van der Waals surface area contributed by atoms with Gasteiger partial charge in [-0.15, -0.1) is 11.3 Å². The Hall–Kier alpha value is -0.960. The van der Waals surface area contributed by atoms with Crippen LogP contribution in [0.25, 0.3) is 0 Å². The van der Waals surface area contributed by atoms with E-state index in [0.29, 0.717) is 16.8 Å². The predicted molar refractivity (Wildman–Crippen MR) is 81.6 cm³/mol. The molecule has 0 saturated carbocycles. The molecule has 108 valence electrons. The van der Waals surface area contributed by atoms with Crippen molar-refractivity contribution in [1.82, 2.24) is 4.98 Å². The first-order valence-electron chi connectivity index (χ1n) is 5.72. The Balaban J connectivity index is 2.02. The van der Waals surface area contributed by atoms with Gasteiger partial charge in [-0.25, -0.2) is 18.5 Å². The monoisotopic (exact) mass is 376 g/mol. The van der Waals surface area contributed by atoms with Gasteiger partial charge in [-0.2, -0.15) is 0 Å². The Morgan fingerprint density at radius 3 is 2.75 bits per heavy atom. The zero-order valence-electron chi connectivity index (χ0n) is 10.7. The van der Waals surface area contributed by atoms with E-state index in [0.717, 1.165) is 12.1 Å². The van der Waals surface area contributed by atoms with E-state index in [4.69, 9.17) is 9.88 Å². The van der Waals surface area contributed by atoms with Gasteiger partial charge in [0.2, 0.25) is 10.0 Å². The van der Waals surface area contributed by atoms with Crippen LogP contribution in [-0.2, 0) is 16.4 Å². The number of nitrogens with two attached hydrogens (primary N) is 1. The fourth-order valence-corrected chi connectivity index (χ4v) is 3.54. The molecule has 1 heterocycles. The first kappa shape index (κ1) is 15.4. The van der Waals surface area contributed by atoms with E-state index in [1.165, 1.54) is 17.0 Å². The third-order valence-corrected chi connectivity index (χ3v) is 5.19. The summed E-state index contributed by atoms with van der Waals surface area (Å²) >= 11 is 4.87. The van der Waals surface area contributed by atoms with E-state index < -0.39 is 10.0 Å². The zero-order chi connectivity index (χ0) is 14.8. The van der Waals surface area contributed by atoms with Crippen molar-refractivity contribution in [3.8, 4) is 5.75 Å². The number of rotatable bonds is 5. The highest BCUT2D eigenvalue weighted by atomic mass is 79.9. The molecule has 0 atom stereocenters. The van der Waals surface area contributed by atoms with Crippen LogP contribution in [0.15, 0.2) is 33.1 Å². The number of hydrogen-bond donors (Lipinski definition) is 1. The van der Waals surface area contributed by atoms with Crippen LogP contribution in [0.2, 0.25) is 0 Å². The quantitative estimate of drug-likeness (QED) is 0.868. The molecule has 8 heteroatoms. The SMILES string of the molecule is Cc1ncsc1CCOc1ccc(S(N)(=O)=O)cc1Br. The predicted octanol–water partition coefficient (Wildman–Crippen LogP) is 2.48. The molecular formula is C12H13BrN2O3S2. The van der Waals surface area contributed by atoms with E-state index >= 15 is 0 Å². The van der Waals surface area contributed by atoms with Crippen molar-refractivity contribution in [3.63, 3.8) is 0 Å². The van der Waals surface area contributed by atoms with Crippen molar-refractivity contribution in [1.29, 1.82) is 0 Å². The maximum Gasteiger partial charge on any atom is 0.238 e. The maximum absolute atomic E-state index is 11.2. The lowest BCUT2D eigenvalue weighted by Crippen LogP contribution is -2.12. The first-order chi connectivity index (χ1) is 9.38. The molecule has 0 spiro atoms. The summed E-state index contributed by atoms with van der Waals surface area (Å²) in [6.45, 7) is 2.46. The molecule has 1 aromatic heterocycles. The summed E-state index contributed by atoms with van der Waals surface area (Å²) in [6.07, 6.45) is 0.764. The molecule has 0 amide bonds. The highest BCUT2D eigenvalue weighted by Crippen LogP contribution is 2.27. The summed E-state index contributed by atoms with van der Waals surface area (Å²) in [5.41, 5.74) is 2.82. The number of thiazole rings is 1. The summed E-state index contributed by atoms with van der Waals surface area (Å²) < 4.78 is 28.6. The van der Waals surface area contributed by atoms with Gasteiger partial charge in [0, 0.05) is 11.3 Å². The smallest absolute Gasteiger partial charge is 0.238 e. The Labute approximate surface area is 130 Å². The van der Waals surface area contributed by atoms with E-state index in [1.54, 1.807) is 17.4 Å². The number of halogens is 1. The second-order valence-electron chi connectivity index (χ2n) is 4.10. The molecule has 0 aliphatic heterocycles. The van der Waals surface area contributed by atoms with Crippen molar-refractivity contribution in [2.24, 2.45) is 5.14 Å². The number of aryl methyl sites for hydroxylation is 1. The third kappa shape index (κ3) is 3.78. The minimum absolute atomic E-state index is 0.0510. The number of nitrogens with zero attached hydrogens (tertiary/aromatic N) is 1. The Morgan fingerprint density at radius 1 is 1.45 bits per heavy atom. The molecule has 0 fully saturated rings. The van der Waals surface area contributed by atoms with Crippen LogP contribution in [-0.4, -0.2) is 20.0 Å². The summed E-state index contributed by atoms with van der Waals surface area (Å²) in [7, 11) is -3.70. The van der Waals surface area contributed by atoms with Gasteiger partial charge in [0.15, 0.2) is 0 Å². The molecule has 0 unspecified atom stereocenters. The molecule has 2 rings (SSSR count). The number of ether oxygens (including phenoxy) is 1. The van der Waals surface area contributed by atoms with Gasteiger partial charge >= 0.3 is 0 Å². The Kier molecular flexibility index (Phi) is 4.79. The number of aromatic nitrogens is 1. The molecule has 5 nitrogen and oxygen atoms in total. The van der Waals surface area contributed by atoms with Crippen LogP contribution in [0.1, 0.15) is 10.6 Å². The molecule has 0 aliphatic carbocycles. The number of primary sulfonamides is 1. The van der Waals surface area contributed by atoms with Crippen LogP contribution in [0, 0.1) is 6.92 Å². The van der Waals surface area contributed by atoms with Gasteiger partial charge < -0.3 is 4.74 Å². The van der Waals surface area contributed by atoms with Crippen molar-refractivity contribution in [2.45, 2.75) is 18.2 Å². The van der Waals surface area contributed by atoms with Gasteiger partial charge in [-0.3, -0.25) is 0 Å². The summed E-state index contributed by atoms with van der Waals surface area (Å²) in [5, 5.41) is 5.06. The van der Waals surface area contributed by atoms with Gasteiger partial charge in [0.05, 0.1) is 27.2 Å². The zero-order valence-corrected chi connectivity index (χ0v) is 13.9.